The zero-order valence-corrected chi connectivity index (χ0v) is 20.1. The number of hydrogen-bond donors (Lipinski definition) is 2. The van der Waals surface area contributed by atoms with Crippen molar-refractivity contribution < 1.29 is 14.2 Å². The fraction of sp³-hybridized carbons (Fsp3) is 0.435. The fourth-order valence-corrected chi connectivity index (χ4v) is 3.22. The van der Waals surface area contributed by atoms with Gasteiger partial charge in [0.25, 0.3) is 0 Å². The van der Waals surface area contributed by atoms with E-state index in [1.165, 1.54) is 16.7 Å². The average Bonchev–Trinajstić information content (AvgIpc) is 2.79. The Morgan fingerprint density at radius 1 is 1.00 bits per heavy atom. The van der Waals surface area contributed by atoms with Crippen molar-refractivity contribution in [1.29, 1.82) is 0 Å². The Bertz CT molecular complexity index is 778. The zero-order valence-electron chi connectivity index (χ0n) is 17.7. The summed E-state index contributed by atoms with van der Waals surface area (Å²) in [5.41, 5.74) is 3.56. The lowest BCUT2D eigenvalue weighted by molar-refractivity contribution is -0.0390. The number of nitrogens with one attached hydrogen (secondary N) is 2. The van der Waals surface area contributed by atoms with Crippen molar-refractivity contribution in [1.82, 2.24) is 10.6 Å². The standard InChI is InChI=1S/C23H31N3O3.HI/c1-24-23(25-15-18-6-8-21(27-2)9-7-18)26-16-19-4-3-5-20(14-19)17-29-22-10-12-28-13-11-22;/h3-9,14,22H,10-13,15-17H2,1-2H3,(H2,24,25,26);1H. The van der Waals surface area contributed by atoms with Crippen molar-refractivity contribution in [3.8, 4) is 5.75 Å². The summed E-state index contributed by atoms with van der Waals surface area (Å²) in [6.07, 6.45) is 2.28. The number of benzene rings is 2. The Balaban J connectivity index is 0.00000320. The maximum atomic E-state index is 6.03. The number of halogens is 1. The molecule has 0 unspecified atom stereocenters. The van der Waals surface area contributed by atoms with Crippen LogP contribution in [-0.2, 0) is 29.2 Å². The molecule has 1 aliphatic rings. The predicted octanol–water partition coefficient (Wildman–Crippen LogP) is 3.87. The second kappa shape index (κ2) is 13.5. The van der Waals surface area contributed by atoms with Gasteiger partial charge in [-0.15, -0.1) is 24.0 Å². The molecule has 0 aromatic heterocycles. The highest BCUT2D eigenvalue weighted by Crippen LogP contribution is 2.14. The van der Waals surface area contributed by atoms with Gasteiger partial charge >= 0.3 is 0 Å². The lowest BCUT2D eigenvalue weighted by Crippen LogP contribution is -2.36. The monoisotopic (exact) mass is 525 g/mol. The number of guanidine groups is 1. The summed E-state index contributed by atoms with van der Waals surface area (Å²) in [6, 6.07) is 16.5. The maximum absolute atomic E-state index is 6.03. The largest absolute Gasteiger partial charge is 0.497 e. The molecule has 2 aromatic rings. The molecular weight excluding hydrogens is 493 g/mol. The second-order valence-corrected chi connectivity index (χ2v) is 7.07. The number of methoxy groups -OCH3 is 1. The Hall–Kier alpha value is -1.84. The number of aliphatic imine (C=N–C) groups is 1. The minimum Gasteiger partial charge on any atom is -0.497 e. The van der Waals surface area contributed by atoms with Gasteiger partial charge in [-0.2, -0.15) is 0 Å². The molecule has 1 saturated heterocycles. The Kier molecular flexibility index (Phi) is 11.0. The van der Waals surface area contributed by atoms with Gasteiger partial charge in [0.2, 0.25) is 0 Å². The van der Waals surface area contributed by atoms with Crippen LogP contribution < -0.4 is 15.4 Å². The highest BCUT2D eigenvalue weighted by Gasteiger charge is 2.14. The molecule has 0 amide bonds. The van der Waals surface area contributed by atoms with E-state index in [0.717, 1.165) is 37.8 Å². The summed E-state index contributed by atoms with van der Waals surface area (Å²) >= 11 is 0. The van der Waals surface area contributed by atoms with Crippen LogP contribution in [0.4, 0.5) is 0 Å². The number of ether oxygens (including phenoxy) is 3. The SMILES string of the molecule is CN=C(NCc1ccc(OC)cc1)NCc1cccc(COC2CCOCC2)c1.I. The topological polar surface area (TPSA) is 64.1 Å². The van der Waals surface area contributed by atoms with E-state index in [4.69, 9.17) is 14.2 Å². The summed E-state index contributed by atoms with van der Waals surface area (Å²) in [6.45, 7) is 3.65. The van der Waals surface area contributed by atoms with E-state index >= 15 is 0 Å². The summed E-state index contributed by atoms with van der Waals surface area (Å²) < 4.78 is 16.6. The van der Waals surface area contributed by atoms with Crippen LogP contribution in [0.5, 0.6) is 5.75 Å². The highest BCUT2D eigenvalue weighted by molar-refractivity contribution is 14.0. The van der Waals surface area contributed by atoms with Gasteiger partial charge in [0, 0.05) is 33.4 Å². The first kappa shape index (κ1) is 24.4. The van der Waals surface area contributed by atoms with Gasteiger partial charge in [-0.3, -0.25) is 4.99 Å². The third-order valence-electron chi connectivity index (χ3n) is 4.95. The average molecular weight is 525 g/mol. The van der Waals surface area contributed by atoms with E-state index in [1.807, 2.05) is 24.3 Å². The smallest absolute Gasteiger partial charge is 0.191 e. The van der Waals surface area contributed by atoms with Crippen LogP contribution in [0.3, 0.4) is 0 Å². The minimum atomic E-state index is 0. The second-order valence-electron chi connectivity index (χ2n) is 7.07. The van der Waals surface area contributed by atoms with Crippen LogP contribution in [0.2, 0.25) is 0 Å². The van der Waals surface area contributed by atoms with E-state index in [0.29, 0.717) is 25.8 Å². The van der Waals surface area contributed by atoms with Crippen molar-refractivity contribution in [3.05, 3.63) is 65.2 Å². The van der Waals surface area contributed by atoms with E-state index < -0.39 is 0 Å². The van der Waals surface area contributed by atoms with Crippen LogP contribution in [-0.4, -0.2) is 39.4 Å². The number of nitrogens with zero attached hydrogens (tertiary/aromatic N) is 1. The summed E-state index contributed by atoms with van der Waals surface area (Å²) in [5.74, 6) is 1.63. The number of hydrogen-bond acceptors (Lipinski definition) is 4. The zero-order chi connectivity index (χ0) is 20.3. The Morgan fingerprint density at radius 3 is 2.33 bits per heavy atom. The van der Waals surface area contributed by atoms with Crippen molar-refractivity contribution in [3.63, 3.8) is 0 Å². The molecule has 1 heterocycles. The molecular formula is C23H32IN3O3. The van der Waals surface area contributed by atoms with Crippen LogP contribution in [0, 0.1) is 0 Å². The van der Waals surface area contributed by atoms with Crippen molar-refractivity contribution in [2.24, 2.45) is 4.99 Å². The third kappa shape index (κ3) is 8.12. The van der Waals surface area contributed by atoms with Crippen molar-refractivity contribution in [2.75, 3.05) is 27.4 Å². The van der Waals surface area contributed by atoms with E-state index in [-0.39, 0.29) is 24.0 Å². The summed E-state index contributed by atoms with van der Waals surface area (Å²) in [7, 11) is 3.45. The van der Waals surface area contributed by atoms with Gasteiger partial charge < -0.3 is 24.8 Å². The van der Waals surface area contributed by atoms with Gasteiger partial charge in [0.1, 0.15) is 5.75 Å². The number of rotatable bonds is 8. The quantitative estimate of drug-likeness (QED) is 0.311. The molecule has 0 atom stereocenters. The van der Waals surface area contributed by atoms with Gasteiger partial charge in [-0.05, 0) is 41.7 Å². The van der Waals surface area contributed by atoms with E-state index in [2.05, 4.69) is 39.9 Å². The molecule has 0 bridgehead atoms. The normalized spacial score (nSPS) is 14.7. The molecule has 1 aliphatic heterocycles. The molecule has 2 N–H and O–H groups in total. The van der Waals surface area contributed by atoms with Crippen LogP contribution in [0.15, 0.2) is 53.5 Å². The third-order valence-corrected chi connectivity index (χ3v) is 4.95. The Morgan fingerprint density at radius 2 is 1.67 bits per heavy atom. The minimum absolute atomic E-state index is 0. The molecule has 0 saturated carbocycles. The highest BCUT2D eigenvalue weighted by atomic mass is 127. The first-order chi connectivity index (χ1) is 14.3. The summed E-state index contributed by atoms with van der Waals surface area (Å²) in [5, 5.41) is 6.71. The molecule has 1 fully saturated rings. The molecule has 30 heavy (non-hydrogen) atoms. The van der Waals surface area contributed by atoms with Crippen LogP contribution in [0.1, 0.15) is 29.5 Å². The fourth-order valence-electron chi connectivity index (χ4n) is 3.22. The molecule has 6 nitrogen and oxygen atoms in total. The maximum Gasteiger partial charge on any atom is 0.191 e. The van der Waals surface area contributed by atoms with Crippen molar-refractivity contribution in [2.45, 2.75) is 38.6 Å². The molecule has 7 heteroatoms. The van der Waals surface area contributed by atoms with Gasteiger partial charge in [0.05, 0.1) is 19.8 Å². The van der Waals surface area contributed by atoms with Crippen LogP contribution in [0.25, 0.3) is 0 Å². The molecule has 0 aliphatic carbocycles. The predicted molar refractivity (Wildman–Crippen MR) is 131 cm³/mol. The van der Waals surface area contributed by atoms with E-state index in [1.54, 1.807) is 14.2 Å². The van der Waals surface area contributed by atoms with Gasteiger partial charge in [0.15, 0.2) is 5.96 Å². The van der Waals surface area contributed by atoms with Crippen LogP contribution >= 0.6 is 24.0 Å². The van der Waals surface area contributed by atoms with Gasteiger partial charge in [-0.25, -0.2) is 0 Å². The van der Waals surface area contributed by atoms with E-state index in [9.17, 15) is 0 Å². The lowest BCUT2D eigenvalue weighted by Gasteiger charge is -2.22. The first-order valence-electron chi connectivity index (χ1n) is 10.1. The molecule has 0 spiro atoms. The molecule has 0 radical (unpaired) electrons. The molecule has 164 valence electrons. The van der Waals surface area contributed by atoms with Crippen molar-refractivity contribution >= 4 is 29.9 Å². The van der Waals surface area contributed by atoms with Gasteiger partial charge in [-0.1, -0.05) is 36.4 Å². The molecule has 3 rings (SSSR count). The first-order valence-corrected chi connectivity index (χ1v) is 10.1. The molecule has 2 aromatic carbocycles. The lowest BCUT2D eigenvalue weighted by atomic mass is 10.1. The Labute approximate surface area is 196 Å². The summed E-state index contributed by atoms with van der Waals surface area (Å²) in [4.78, 5) is 4.31.